The summed E-state index contributed by atoms with van der Waals surface area (Å²) in [6.45, 7) is 2.92. The van der Waals surface area contributed by atoms with Crippen molar-refractivity contribution in [1.29, 1.82) is 0 Å². The van der Waals surface area contributed by atoms with Gasteiger partial charge in [-0.05, 0) is 49.4 Å². The summed E-state index contributed by atoms with van der Waals surface area (Å²) in [5.41, 5.74) is 2.75. The summed E-state index contributed by atoms with van der Waals surface area (Å²) in [5.74, 6) is 1.59. The second-order valence-corrected chi connectivity index (χ2v) is 5.63. The van der Waals surface area contributed by atoms with Crippen LogP contribution in [0.25, 0.3) is 0 Å². The van der Waals surface area contributed by atoms with E-state index in [9.17, 15) is 0 Å². The first-order valence-electron chi connectivity index (χ1n) is 7.35. The Morgan fingerprint density at radius 1 is 1.37 bits per heavy atom. The molecule has 2 fully saturated rings. The molecule has 19 heavy (non-hydrogen) atoms. The lowest BCUT2D eigenvalue weighted by molar-refractivity contribution is 0.194. The lowest BCUT2D eigenvalue weighted by Gasteiger charge is -2.16. The van der Waals surface area contributed by atoms with Crippen LogP contribution in [-0.4, -0.2) is 32.9 Å². The van der Waals surface area contributed by atoms with E-state index in [0.29, 0.717) is 12.0 Å². The monoisotopic (exact) mass is 261 g/mol. The van der Waals surface area contributed by atoms with Crippen LogP contribution in [0.5, 0.6) is 5.75 Å². The smallest absolute Gasteiger partial charge is 0.122 e. The Morgan fingerprint density at radius 2 is 2.32 bits per heavy atom. The zero-order chi connectivity index (χ0) is 13.1. The molecule has 2 unspecified atom stereocenters. The standard InChI is InChI=1S/C16H23NO2/c1-18-16-5-4-12(13-6-8-19-11-13)9-14(16)10-15-3-2-7-17-15/h4-5,9,13,15,17H,2-3,6-8,10-11H2,1H3. The molecule has 3 heteroatoms. The molecular weight excluding hydrogens is 238 g/mol. The summed E-state index contributed by atoms with van der Waals surface area (Å²) >= 11 is 0. The minimum atomic E-state index is 0.571. The molecule has 1 aromatic rings. The number of hydrogen-bond donors (Lipinski definition) is 1. The number of nitrogens with one attached hydrogen (secondary N) is 1. The minimum absolute atomic E-state index is 0.571. The molecule has 3 rings (SSSR count). The van der Waals surface area contributed by atoms with Crippen LogP contribution >= 0.6 is 0 Å². The van der Waals surface area contributed by atoms with Crippen molar-refractivity contribution >= 4 is 0 Å². The third-order valence-corrected chi connectivity index (χ3v) is 4.33. The molecule has 0 amide bonds. The van der Waals surface area contributed by atoms with E-state index in [4.69, 9.17) is 9.47 Å². The van der Waals surface area contributed by atoms with Crippen molar-refractivity contribution in [2.45, 2.75) is 37.6 Å². The molecule has 0 radical (unpaired) electrons. The van der Waals surface area contributed by atoms with Crippen LogP contribution in [0.1, 0.15) is 36.3 Å². The van der Waals surface area contributed by atoms with Crippen molar-refractivity contribution < 1.29 is 9.47 Å². The topological polar surface area (TPSA) is 30.5 Å². The Hall–Kier alpha value is -1.06. The van der Waals surface area contributed by atoms with Crippen LogP contribution < -0.4 is 10.1 Å². The van der Waals surface area contributed by atoms with Gasteiger partial charge in [0.05, 0.1) is 13.7 Å². The second-order valence-electron chi connectivity index (χ2n) is 5.63. The molecule has 0 aromatic heterocycles. The predicted octanol–water partition coefficient (Wildman–Crippen LogP) is 2.49. The maximum Gasteiger partial charge on any atom is 0.122 e. The van der Waals surface area contributed by atoms with Crippen LogP contribution in [0.2, 0.25) is 0 Å². The van der Waals surface area contributed by atoms with Gasteiger partial charge in [-0.15, -0.1) is 0 Å². The zero-order valence-corrected chi connectivity index (χ0v) is 11.7. The van der Waals surface area contributed by atoms with Crippen LogP contribution in [-0.2, 0) is 11.2 Å². The van der Waals surface area contributed by atoms with Gasteiger partial charge < -0.3 is 14.8 Å². The number of rotatable bonds is 4. The summed E-state index contributed by atoms with van der Waals surface area (Å²) in [5, 5.41) is 3.57. The summed E-state index contributed by atoms with van der Waals surface area (Å²) in [7, 11) is 1.76. The molecule has 1 aromatic carbocycles. The van der Waals surface area contributed by atoms with E-state index in [-0.39, 0.29) is 0 Å². The van der Waals surface area contributed by atoms with Crippen LogP contribution in [0.4, 0.5) is 0 Å². The molecule has 104 valence electrons. The highest BCUT2D eigenvalue weighted by Gasteiger charge is 2.21. The van der Waals surface area contributed by atoms with Crippen LogP contribution in [0.3, 0.4) is 0 Å². The Bertz CT molecular complexity index is 421. The van der Waals surface area contributed by atoms with Gasteiger partial charge in [-0.1, -0.05) is 12.1 Å². The average Bonchev–Trinajstić information content (AvgIpc) is 3.11. The van der Waals surface area contributed by atoms with Gasteiger partial charge in [0.25, 0.3) is 0 Å². The SMILES string of the molecule is COc1ccc(C2CCOC2)cc1CC1CCCN1. The van der Waals surface area contributed by atoms with E-state index in [1.807, 2.05) is 0 Å². The van der Waals surface area contributed by atoms with Crippen molar-refractivity contribution in [3.05, 3.63) is 29.3 Å². The highest BCUT2D eigenvalue weighted by Crippen LogP contribution is 2.30. The van der Waals surface area contributed by atoms with Crippen molar-refractivity contribution in [1.82, 2.24) is 5.32 Å². The number of ether oxygens (including phenoxy) is 2. The zero-order valence-electron chi connectivity index (χ0n) is 11.7. The van der Waals surface area contributed by atoms with Gasteiger partial charge in [-0.2, -0.15) is 0 Å². The average molecular weight is 261 g/mol. The van der Waals surface area contributed by atoms with E-state index in [1.165, 1.54) is 24.0 Å². The largest absolute Gasteiger partial charge is 0.496 e. The third kappa shape index (κ3) is 2.93. The summed E-state index contributed by atoms with van der Waals surface area (Å²) in [4.78, 5) is 0. The van der Waals surface area contributed by atoms with Crippen molar-refractivity contribution in [2.75, 3.05) is 26.9 Å². The molecule has 0 aliphatic carbocycles. The first-order chi connectivity index (χ1) is 9.36. The van der Waals surface area contributed by atoms with E-state index < -0.39 is 0 Å². The van der Waals surface area contributed by atoms with E-state index in [2.05, 4.69) is 23.5 Å². The van der Waals surface area contributed by atoms with Crippen LogP contribution in [0.15, 0.2) is 18.2 Å². The molecule has 2 aliphatic rings. The maximum atomic E-state index is 5.51. The highest BCUT2D eigenvalue weighted by molar-refractivity contribution is 5.39. The van der Waals surface area contributed by atoms with E-state index in [1.54, 1.807) is 7.11 Å². The summed E-state index contributed by atoms with van der Waals surface area (Å²) in [6.07, 6.45) is 4.79. The van der Waals surface area contributed by atoms with Crippen molar-refractivity contribution in [2.24, 2.45) is 0 Å². The van der Waals surface area contributed by atoms with Crippen molar-refractivity contribution in [3.63, 3.8) is 0 Å². The fourth-order valence-electron chi connectivity index (χ4n) is 3.21. The maximum absolute atomic E-state index is 5.51. The highest BCUT2D eigenvalue weighted by atomic mass is 16.5. The second kappa shape index (κ2) is 5.93. The number of benzene rings is 1. The molecule has 2 heterocycles. The third-order valence-electron chi connectivity index (χ3n) is 4.33. The molecule has 3 nitrogen and oxygen atoms in total. The number of methoxy groups -OCH3 is 1. The van der Waals surface area contributed by atoms with Crippen LogP contribution in [0, 0.1) is 0 Å². The molecule has 1 N–H and O–H groups in total. The molecule has 0 bridgehead atoms. The first-order valence-corrected chi connectivity index (χ1v) is 7.35. The van der Waals surface area contributed by atoms with Gasteiger partial charge in [0, 0.05) is 18.6 Å². The van der Waals surface area contributed by atoms with Gasteiger partial charge in [-0.3, -0.25) is 0 Å². The molecule has 2 aliphatic heterocycles. The first kappa shape index (κ1) is 12.9. The van der Waals surface area contributed by atoms with Crippen molar-refractivity contribution in [3.8, 4) is 5.75 Å². The van der Waals surface area contributed by atoms with E-state index >= 15 is 0 Å². The van der Waals surface area contributed by atoms with Gasteiger partial charge in [0.1, 0.15) is 5.75 Å². The molecule has 0 saturated carbocycles. The Morgan fingerprint density at radius 3 is 3.00 bits per heavy atom. The predicted molar refractivity (Wildman–Crippen MR) is 75.9 cm³/mol. The van der Waals surface area contributed by atoms with E-state index in [0.717, 1.165) is 38.3 Å². The van der Waals surface area contributed by atoms with Gasteiger partial charge in [0.2, 0.25) is 0 Å². The fraction of sp³-hybridized carbons (Fsp3) is 0.625. The van der Waals surface area contributed by atoms with Gasteiger partial charge in [0.15, 0.2) is 0 Å². The fourth-order valence-corrected chi connectivity index (χ4v) is 3.21. The minimum Gasteiger partial charge on any atom is -0.496 e. The molecule has 2 saturated heterocycles. The normalized spacial score (nSPS) is 26.8. The molecular formula is C16H23NO2. The quantitative estimate of drug-likeness (QED) is 0.903. The molecule has 0 spiro atoms. The Labute approximate surface area is 115 Å². The molecule has 2 atom stereocenters. The summed E-state index contributed by atoms with van der Waals surface area (Å²) in [6, 6.07) is 7.27. The lowest BCUT2D eigenvalue weighted by atomic mass is 9.94. The van der Waals surface area contributed by atoms with Gasteiger partial charge in [-0.25, -0.2) is 0 Å². The number of hydrogen-bond acceptors (Lipinski definition) is 3. The van der Waals surface area contributed by atoms with Gasteiger partial charge >= 0.3 is 0 Å². The summed E-state index contributed by atoms with van der Waals surface area (Å²) < 4.78 is 11.0. The Kier molecular flexibility index (Phi) is 4.04. The Balaban J connectivity index is 1.79. The lowest BCUT2D eigenvalue weighted by Crippen LogP contribution is -2.24.